The number of carbonyl (C=O) groups excluding carboxylic acids is 2. The number of ketones is 1. The lowest BCUT2D eigenvalue weighted by Crippen LogP contribution is -2.35. The number of aliphatic hydroxyl groups is 1. The Labute approximate surface area is 207 Å². The lowest BCUT2D eigenvalue weighted by atomic mass is 9.95. The van der Waals surface area contributed by atoms with Crippen LogP contribution in [0.3, 0.4) is 0 Å². The van der Waals surface area contributed by atoms with E-state index in [9.17, 15) is 14.7 Å². The minimum atomic E-state index is -0.733. The highest BCUT2D eigenvalue weighted by Crippen LogP contribution is 2.42. The highest BCUT2D eigenvalue weighted by molar-refractivity contribution is 6.46. The zero-order valence-corrected chi connectivity index (χ0v) is 21.1. The molecule has 1 unspecified atom stereocenters. The molecule has 0 aliphatic carbocycles. The van der Waals surface area contributed by atoms with Crippen molar-refractivity contribution in [2.45, 2.75) is 39.2 Å². The molecule has 35 heavy (non-hydrogen) atoms. The number of Topliss-reactive ketones (excluding diaryl/α,β-unsaturated/α-hetero) is 1. The molecular formula is C28H36N2O5. The fraction of sp³-hybridized carbons (Fsp3) is 0.429. The number of hydrogen-bond donors (Lipinski definition) is 1. The Morgan fingerprint density at radius 3 is 2.40 bits per heavy atom. The molecule has 0 saturated carbocycles. The maximum Gasteiger partial charge on any atom is 0.295 e. The minimum Gasteiger partial charge on any atom is -0.507 e. The van der Waals surface area contributed by atoms with Gasteiger partial charge in [0, 0.05) is 18.7 Å². The van der Waals surface area contributed by atoms with Crippen LogP contribution in [0.2, 0.25) is 0 Å². The minimum absolute atomic E-state index is 0.0824. The van der Waals surface area contributed by atoms with E-state index in [2.05, 4.69) is 6.92 Å². The van der Waals surface area contributed by atoms with E-state index in [-0.39, 0.29) is 11.3 Å². The van der Waals surface area contributed by atoms with E-state index in [4.69, 9.17) is 9.47 Å². The Morgan fingerprint density at radius 1 is 1.00 bits per heavy atom. The number of aliphatic hydroxyl groups excluding tert-OH is 1. The summed E-state index contributed by atoms with van der Waals surface area (Å²) < 4.78 is 11.8. The fourth-order valence-corrected chi connectivity index (χ4v) is 4.13. The van der Waals surface area contributed by atoms with Gasteiger partial charge in [0.25, 0.3) is 11.7 Å². The van der Waals surface area contributed by atoms with Crippen LogP contribution >= 0.6 is 0 Å². The molecule has 2 aromatic carbocycles. The molecular weight excluding hydrogens is 444 g/mol. The Balaban J connectivity index is 2.07. The van der Waals surface area contributed by atoms with Gasteiger partial charge < -0.3 is 24.4 Å². The third-order valence-corrected chi connectivity index (χ3v) is 5.96. The van der Waals surface area contributed by atoms with Crippen LogP contribution < -0.4 is 9.47 Å². The van der Waals surface area contributed by atoms with Gasteiger partial charge in [0.15, 0.2) is 11.5 Å². The molecule has 2 aromatic rings. The average Bonchev–Trinajstić information content (AvgIpc) is 3.11. The largest absolute Gasteiger partial charge is 0.507 e. The van der Waals surface area contributed by atoms with E-state index in [1.165, 1.54) is 4.90 Å². The first-order valence-corrected chi connectivity index (χ1v) is 12.3. The summed E-state index contributed by atoms with van der Waals surface area (Å²) in [6.45, 7) is 5.98. The average molecular weight is 481 g/mol. The van der Waals surface area contributed by atoms with Crippen LogP contribution in [0, 0.1) is 0 Å². The Bertz CT molecular complexity index is 1050. The number of likely N-dealkylation sites (N-methyl/N-ethyl adjacent to an activating group) is 1. The second-order valence-electron chi connectivity index (χ2n) is 8.86. The van der Waals surface area contributed by atoms with Gasteiger partial charge >= 0.3 is 0 Å². The van der Waals surface area contributed by atoms with Gasteiger partial charge in [-0.25, -0.2) is 0 Å². The van der Waals surface area contributed by atoms with E-state index < -0.39 is 17.7 Å². The second-order valence-corrected chi connectivity index (χ2v) is 8.86. The molecule has 1 saturated heterocycles. The smallest absolute Gasteiger partial charge is 0.295 e. The first-order valence-electron chi connectivity index (χ1n) is 12.3. The van der Waals surface area contributed by atoms with Crippen molar-refractivity contribution >= 4 is 17.4 Å². The van der Waals surface area contributed by atoms with Crippen molar-refractivity contribution in [3.05, 3.63) is 65.2 Å². The molecule has 0 spiro atoms. The van der Waals surface area contributed by atoms with Crippen LogP contribution in [0.4, 0.5) is 0 Å². The number of benzene rings is 2. The predicted octanol–water partition coefficient (Wildman–Crippen LogP) is 4.64. The van der Waals surface area contributed by atoms with E-state index in [0.29, 0.717) is 48.9 Å². The Hall–Kier alpha value is -3.32. The Morgan fingerprint density at radius 2 is 1.74 bits per heavy atom. The lowest BCUT2D eigenvalue weighted by molar-refractivity contribution is -0.140. The summed E-state index contributed by atoms with van der Waals surface area (Å²) in [4.78, 5) is 29.7. The van der Waals surface area contributed by atoms with Crippen molar-refractivity contribution in [3.63, 3.8) is 0 Å². The first kappa shape index (κ1) is 26.3. The topological polar surface area (TPSA) is 79.3 Å². The van der Waals surface area contributed by atoms with E-state index >= 15 is 0 Å². The van der Waals surface area contributed by atoms with Gasteiger partial charge in [-0.15, -0.1) is 0 Å². The van der Waals surface area contributed by atoms with Gasteiger partial charge in [-0.05, 0) is 45.1 Å². The van der Waals surface area contributed by atoms with Gasteiger partial charge in [-0.2, -0.15) is 0 Å². The molecule has 1 aliphatic rings. The van der Waals surface area contributed by atoms with Crippen molar-refractivity contribution in [1.29, 1.82) is 0 Å². The number of ether oxygens (including phenoxy) is 2. The molecule has 1 fully saturated rings. The fourth-order valence-electron chi connectivity index (χ4n) is 4.13. The monoisotopic (exact) mass is 480 g/mol. The van der Waals surface area contributed by atoms with Crippen LogP contribution in [0.1, 0.15) is 50.3 Å². The highest BCUT2D eigenvalue weighted by Gasteiger charge is 2.46. The summed E-state index contributed by atoms with van der Waals surface area (Å²) in [5, 5.41) is 11.1. The summed E-state index contributed by atoms with van der Waals surface area (Å²) in [6, 6.07) is 13.6. The summed E-state index contributed by atoms with van der Waals surface area (Å²) in [7, 11) is 3.82. The van der Waals surface area contributed by atoms with Gasteiger partial charge in [0.05, 0.1) is 24.8 Å². The molecule has 0 bridgehead atoms. The number of likely N-dealkylation sites (tertiary alicyclic amines) is 1. The number of amides is 1. The van der Waals surface area contributed by atoms with E-state index in [1.54, 1.807) is 24.3 Å². The molecule has 1 amide bonds. The first-order chi connectivity index (χ1) is 16.9. The van der Waals surface area contributed by atoms with Crippen molar-refractivity contribution in [1.82, 2.24) is 9.80 Å². The second kappa shape index (κ2) is 12.4. The predicted molar refractivity (Wildman–Crippen MR) is 137 cm³/mol. The van der Waals surface area contributed by atoms with Crippen molar-refractivity contribution in [2.75, 3.05) is 40.4 Å². The number of rotatable bonds is 12. The van der Waals surface area contributed by atoms with Gasteiger partial charge in [0.2, 0.25) is 0 Å². The maximum absolute atomic E-state index is 13.2. The van der Waals surface area contributed by atoms with Crippen LogP contribution in [0.25, 0.3) is 5.76 Å². The number of hydrogen-bond acceptors (Lipinski definition) is 6. The summed E-state index contributed by atoms with van der Waals surface area (Å²) >= 11 is 0. The zero-order valence-electron chi connectivity index (χ0n) is 21.1. The van der Waals surface area contributed by atoms with Crippen LogP contribution in [0.5, 0.6) is 11.5 Å². The molecule has 1 heterocycles. The maximum atomic E-state index is 13.2. The van der Waals surface area contributed by atoms with Crippen molar-refractivity contribution in [3.8, 4) is 11.5 Å². The van der Waals surface area contributed by atoms with Crippen LogP contribution in [-0.4, -0.2) is 67.0 Å². The van der Waals surface area contributed by atoms with Crippen LogP contribution in [-0.2, 0) is 9.59 Å². The van der Waals surface area contributed by atoms with Crippen molar-refractivity contribution < 1.29 is 24.2 Å². The molecule has 1 aliphatic heterocycles. The molecule has 7 nitrogen and oxygen atoms in total. The summed E-state index contributed by atoms with van der Waals surface area (Å²) in [6.07, 6.45) is 3.14. The normalized spacial score (nSPS) is 17.3. The number of unbranched alkanes of at least 4 members (excludes halogenated alkanes) is 2. The summed E-state index contributed by atoms with van der Waals surface area (Å²) in [5.74, 6) is -0.307. The van der Waals surface area contributed by atoms with Crippen LogP contribution in [0.15, 0.2) is 54.1 Å². The van der Waals surface area contributed by atoms with E-state index in [1.807, 2.05) is 50.2 Å². The molecule has 1 N–H and O–H groups in total. The number of carbonyl (C=O) groups is 2. The number of nitrogens with zero attached hydrogens (tertiary/aromatic N) is 2. The molecule has 188 valence electrons. The quantitative estimate of drug-likeness (QED) is 0.206. The zero-order chi connectivity index (χ0) is 25.4. The highest BCUT2D eigenvalue weighted by atomic mass is 16.5. The summed E-state index contributed by atoms with van der Waals surface area (Å²) in [5.41, 5.74) is 1.26. The molecule has 0 radical (unpaired) electrons. The third kappa shape index (κ3) is 6.22. The van der Waals surface area contributed by atoms with Crippen molar-refractivity contribution in [2.24, 2.45) is 0 Å². The third-order valence-electron chi connectivity index (χ3n) is 5.96. The SMILES string of the molecule is CCCCCOc1ccc(C2/C(=C(\O)c3ccccc3)C(=O)C(=O)N2CCN(C)C)cc1OCC. The lowest BCUT2D eigenvalue weighted by Gasteiger charge is -2.27. The molecule has 0 aromatic heterocycles. The molecule has 7 heteroatoms. The van der Waals surface area contributed by atoms with E-state index in [0.717, 1.165) is 19.3 Å². The van der Waals surface area contributed by atoms with Gasteiger partial charge in [-0.1, -0.05) is 56.2 Å². The van der Waals surface area contributed by atoms with Gasteiger partial charge in [-0.3, -0.25) is 9.59 Å². The standard InChI is InChI=1S/C28H36N2O5/c1-5-7-11-18-35-22-15-14-21(19-23(22)34-6-2)25-24(26(31)20-12-9-8-10-13-20)27(32)28(33)30(25)17-16-29(3)4/h8-10,12-15,19,25,31H,5-7,11,16-18H2,1-4H3/b26-24+. The Kier molecular flexibility index (Phi) is 9.32. The molecule has 3 rings (SSSR count). The molecule has 1 atom stereocenters. The van der Waals surface area contributed by atoms with Gasteiger partial charge in [0.1, 0.15) is 5.76 Å².